The zero-order chi connectivity index (χ0) is 16.3. The van der Waals surface area contributed by atoms with Crippen LogP contribution in [0.2, 0.25) is 4.47 Å². The van der Waals surface area contributed by atoms with E-state index in [4.69, 9.17) is 17.3 Å². The molecule has 2 aromatic rings. The molecular formula is C12H9ClF3N3OS2. The molecule has 0 saturated heterocycles. The Balaban J connectivity index is 2.20. The summed E-state index contributed by atoms with van der Waals surface area (Å²) in [5.74, 6) is -0.798. The van der Waals surface area contributed by atoms with Crippen LogP contribution in [0.1, 0.15) is 15.2 Å². The van der Waals surface area contributed by atoms with Crippen molar-refractivity contribution in [3.05, 3.63) is 39.3 Å². The number of carbonyl (C=O) groups is 1. The molecule has 0 atom stereocenters. The average molecular weight is 368 g/mol. The molecule has 1 heterocycles. The number of benzene rings is 1. The number of alkyl halides is 3. The van der Waals surface area contributed by atoms with Gasteiger partial charge >= 0.3 is 5.51 Å². The number of aromatic nitrogens is 1. The molecule has 0 fully saturated rings. The van der Waals surface area contributed by atoms with Crippen molar-refractivity contribution in [3.63, 3.8) is 0 Å². The van der Waals surface area contributed by atoms with Crippen LogP contribution in [-0.2, 0) is 6.54 Å². The van der Waals surface area contributed by atoms with Gasteiger partial charge in [0.2, 0.25) is 5.91 Å². The maximum Gasteiger partial charge on any atom is 0.446 e. The minimum Gasteiger partial charge on any atom is -0.380 e. The molecule has 0 aliphatic carbocycles. The monoisotopic (exact) mass is 367 g/mol. The van der Waals surface area contributed by atoms with E-state index in [9.17, 15) is 18.0 Å². The van der Waals surface area contributed by atoms with Crippen molar-refractivity contribution in [1.82, 2.24) is 4.98 Å². The van der Waals surface area contributed by atoms with Crippen LogP contribution in [0, 0.1) is 0 Å². The number of nitrogens with zero attached hydrogens (tertiary/aromatic N) is 1. The number of hydrogen-bond donors (Lipinski definition) is 2. The number of nitrogens with one attached hydrogen (secondary N) is 1. The number of primary amides is 1. The molecule has 10 heteroatoms. The highest BCUT2D eigenvalue weighted by atomic mass is 35.5. The summed E-state index contributed by atoms with van der Waals surface area (Å²) in [7, 11) is 0. The second-order valence-corrected chi connectivity index (χ2v) is 6.93. The van der Waals surface area contributed by atoms with Crippen LogP contribution in [0.25, 0.3) is 0 Å². The molecule has 22 heavy (non-hydrogen) atoms. The van der Waals surface area contributed by atoms with Gasteiger partial charge < -0.3 is 11.1 Å². The molecule has 0 spiro atoms. The minimum atomic E-state index is -4.45. The van der Waals surface area contributed by atoms with Gasteiger partial charge in [-0.15, -0.1) is 11.3 Å². The first-order valence-corrected chi connectivity index (χ1v) is 7.79. The summed E-state index contributed by atoms with van der Waals surface area (Å²) < 4.78 is 37.8. The summed E-state index contributed by atoms with van der Waals surface area (Å²) in [6, 6.07) is 3.80. The molecule has 0 aliphatic rings. The summed E-state index contributed by atoms with van der Waals surface area (Å²) in [4.78, 5) is 15.8. The lowest BCUT2D eigenvalue weighted by Crippen LogP contribution is -2.12. The van der Waals surface area contributed by atoms with Gasteiger partial charge in [0.15, 0.2) is 4.47 Å². The standard InChI is InChI=1S/C12H9ClF3N3OS2/c13-11-19-5-9(21-11)4-18-7-1-6(10(17)20)2-8(3-7)22-12(14,15)16/h1-3,5,18H,4H2,(H2,17,20). The molecule has 1 aromatic carbocycles. The predicted octanol–water partition coefficient (Wildman–Crippen LogP) is 4.12. The number of hydrogen-bond acceptors (Lipinski definition) is 5. The van der Waals surface area contributed by atoms with Gasteiger partial charge in [-0.05, 0) is 30.0 Å². The normalized spacial score (nSPS) is 11.5. The summed E-state index contributed by atoms with van der Waals surface area (Å²) in [6.45, 7) is 0.322. The molecule has 0 saturated carbocycles. The summed E-state index contributed by atoms with van der Waals surface area (Å²) >= 11 is 6.64. The van der Waals surface area contributed by atoms with E-state index in [0.717, 1.165) is 10.9 Å². The van der Waals surface area contributed by atoms with Crippen molar-refractivity contribution in [1.29, 1.82) is 0 Å². The Kier molecular flexibility index (Phi) is 5.20. The topological polar surface area (TPSA) is 68.0 Å². The largest absolute Gasteiger partial charge is 0.446 e. The molecule has 4 nitrogen and oxygen atoms in total. The summed E-state index contributed by atoms with van der Waals surface area (Å²) in [5, 5.41) is 2.92. The van der Waals surface area contributed by atoms with E-state index in [1.54, 1.807) is 6.20 Å². The highest BCUT2D eigenvalue weighted by molar-refractivity contribution is 8.00. The van der Waals surface area contributed by atoms with Gasteiger partial charge in [-0.25, -0.2) is 4.98 Å². The number of amides is 1. The van der Waals surface area contributed by atoms with Crippen molar-refractivity contribution >= 4 is 46.3 Å². The minimum absolute atomic E-state index is 0.000845. The quantitative estimate of drug-likeness (QED) is 0.780. The van der Waals surface area contributed by atoms with Crippen molar-refractivity contribution in [3.8, 4) is 0 Å². The fraction of sp³-hybridized carbons (Fsp3) is 0.167. The SMILES string of the molecule is NC(=O)c1cc(NCc2cnc(Cl)s2)cc(SC(F)(F)F)c1. The average Bonchev–Trinajstić information content (AvgIpc) is 2.80. The molecule has 1 amide bonds. The lowest BCUT2D eigenvalue weighted by Gasteiger charge is -2.11. The Labute approximate surface area is 136 Å². The Morgan fingerprint density at radius 3 is 2.68 bits per heavy atom. The first-order chi connectivity index (χ1) is 10.2. The smallest absolute Gasteiger partial charge is 0.380 e. The fourth-order valence-corrected chi connectivity index (χ4v) is 3.15. The molecule has 118 valence electrons. The highest BCUT2D eigenvalue weighted by Gasteiger charge is 2.29. The third-order valence-electron chi connectivity index (χ3n) is 2.42. The molecule has 0 radical (unpaired) electrons. The van der Waals surface area contributed by atoms with E-state index >= 15 is 0 Å². The van der Waals surface area contributed by atoms with Crippen LogP contribution in [0.5, 0.6) is 0 Å². The van der Waals surface area contributed by atoms with E-state index in [1.165, 1.54) is 23.5 Å². The summed E-state index contributed by atoms with van der Waals surface area (Å²) in [6.07, 6.45) is 1.56. The highest BCUT2D eigenvalue weighted by Crippen LogP contribution is 2.38. The predicted molar refractivity (Wildman–Crippen MR) is 81.3 cm³/mol. The van der Waals surface area contributed by atoms with Crippen LogP contribution < -0.4 is 11.1 Å². The van der Waals surface area contributed by atoms with E-state index in [-0.39, 0.29) is 22.2 Å². The third-order valence-corrected chi connectivity index (χ3v) is 4.23. The van der Waals surface area contributed by atoms with Gasteiger partial charge in [0.05, 0.1) is 6.54 Å². The Hall–Kier alpha value is -1.45. The van der Waals surface area contributed by atoms with Crippen LogP contribution in [0.15, 0.2) is 29.3 Å². The Morgan fingerprint density at radius 1 is 1.41 bits per heavy atom. The van der Waals surface area contributed by atoms with Crippen LogP contribution >= 0.6 is 34.7 Å². The molecule has 0 aliphatic heterocycles. The number of anilines is 1. The van der Waals surface area contributed by atoms with Gasteiger partial charge in [0.25, 0.3) is 0 Å². The van der Waals surface area contributed by atoms with Crippen LogP contribution in [-0.4, -0.2) is 16.4 Å². The van der Waals surface area contributed by atoms with Crippen molar-refractivity contribution in [2.24, 2.45) is 5.73 Å². The number of thiazole rings is 1. The lowest BCUT2D eigenvalue weighted by molar-refractivity contribution is -0.0328. The van der Waals surface area contributed by atoms with E-state index in [2.05, 4.69) is 10.3 Å². The van der Waals surface area contributed by atoms with Gasteiger partial charge in [-0.3, -0.25) is 4.79 Å². The van der Waals surface area contributed by atoms with Crippen molar-refractivity contribution in [2.45, 2.75) is 16.9 Å². The van der Waals surface area contributed by atoms with Gasteiger partial charge in [0, 0.05) is 27.2 Å². The molecule has 2 rings (SSSR count). The molecule has 0 bridgehead atoms. The molecule has 3 N–H and O–H groups in total. The maximum absolute atomic E-state index is 12.5. The first kappa shape index (κ1) is 16.9. The van der Waals surface area contributed by atoms with Crippen molar-refractivity contribution in [2.75, 3.05) is 5.32 Å². The van der Waals surface area contributed by atoms with Crippen LogP contribution in [0.3, 0.4) is 0 Å². The third kappa shape index (κ3) is 5.08. The lowest BCUT2D eigenvalue weighted by atomic mass is 10.2. The molecular weight excluding hydrogens is 359 g/mol. The zero-order valence-corrected chi connectivity index (χ0v) is 13.2. The van der Waals surface area contributed by atoms with E-state index in [0.29, 0.717) is 16.7 Å². The number of nitrogens with two attached hydrogens (primary N) is 1. The number of thioether (sulfide) groups is 1. The zero-order valence-electron chi connectivity index (χ0n) is 10.8. The van der Waals surface area contributed by atoms with Gasteiger partial charge in [0.1, 0.15) is 0 Å². The molecule has 1 aromatic heterocycles. The summed E-state index contributed by atoms with van der Waals surface area (Å²) in [5.41, 5.74) is 1.05. The van der Waals surface area contributed by atoms with Crippen molar-refractivity contribution < 1.29 is 18.0 Å². The number of rotatable bonds is 5. The van der Waals surface area contributed by atoms with Crippen LogP contribution in [0.4, 0.5) is 18.9 Å². The molecule has 0 unspecified atom stereocenters. The Bertz CT molecular complexity index is 690. The van der Waals surface area contributed by atoms with Gasteiger partial charge in [-0.2, -0.15) is 13.2 Å². The Morgan fingerprint density at radius 2 is 2.14 bits per heavy atom. The fourth-order valence-electron chi connectivity index (χ4n) is 1.59. The van der Waals surface area contributed by atoms with Gasteiger partial charge in [-0.1, -0.05) is 11.6 Å². The second-order valence-electron chi connectivity index (χ2n) is 4.09. The van der Waals surface area contributed by atoms with E-state index in [1.807, 2.05) is 0 Å². The van der Waals surface area contributed by atoms with E-state index < -0.39 is 11.4 Å². The first-order valence-electron chi connectivity index (χ1n) is 5.77. The second kappa shape index (κ2) is 6.76. The number of carbonyl (C=O) groups excluding carboxylic acids is 1. The maximum atomic E-state index is 12.5. The number of halogens is 4.